The molecule has 2 aromatic rings. The highest BCUT2D eigenvalue weighted by atomic mass is 32.2. The number of ether oxygens (including phenoxy) is 1. The van der Waals surface area contributed by atoms with E-state index in [4.69, 9.17) is 4.74 Å². The van der Waals surface area contributed by atoms with E-state index in [2.05, 4.69) is 10.3 Å². The lowest BCUT2D eigenvalue weighted by Gasteiger charge is -2.14. The first-order chi connectivity index (χ1) is 12.4. The molecule has 8 heteroatoms. The predicted molar refractivity (Wildman–Crippen MR) is 99.3 cm³/mol. The molecule has 1 aromatic heterocycles. The Morgan fingerprint density at radius 3 is 2.85 bits per heavy atom. The molecule has 0 radical (unpaired) electrons. The van der Waals surface area contributed by atoms with Crippen molar-refractivity contribution in [2.75, 3.05) is 25.4 Å². The second-order valence-corrected chi connectivity index (χ2v) is 6.95. The Labute approximate surface area is 155 Å². The van der Waals surface area contributed by atoms with Crippen molar-refractivity contribution in [1.29, 1.82) is 0 Å². The summed E-state index contributed by atoms with van der Waals surface area (Å²) in [6.07, 6.45) is 0. The Hall–Kier alpha value is -2.61. The Kier molecular flexibility index (Phi) is 5.41. The van der Waals surface area contributed by atoms with Crippen molar-refractivity contribution in [2.24, 2.45) is 0 Å². The Morgan fingerprint density at radius 1 is 1.31 bits per heavy atom. The molecule has 1 aliphatic heterocycles. The maximum atomic E-state index is 12.0. The van der Waals surface area contributed by atoms with Crippen LogP contribution in [0.1, 0.15) is 11.3 Å². The second-order valence-electron chi connectivity index (χ2n) is 6.02. The lowest BCUT2D eigenvalue weighted by molar-refractivity contribution is -0.126. The molecule has 2 heterocycles. The molecule has 1 saturated heterocycles. The zero-order valence-corrected chi connectivity index (χ0v) is 15.4. The SMILES string of the molecule is Cc1ccc2nc(C)cc(OCC(=O)NCCN3C(=O)CSC3=O)c2c1. The molecule has 0 atom stereocenters. The van der Waals surface area contributed by atoms with Crippen molar-refractivity contribution in [3.63, 3.8) is 0 Å². The molecular weight excluding hydrogens is 354 g/mol. The van der Waals surface area contributed by atoms with Crippen LogP contribution in [-0.2, 0) is 9.59 Å². The monoisotopic (exact) mass is 373 g/mol. The molecule has 0 spiro atoms. The number of carbonyl (C=O) groups excluding carboxylic acids is 3. The standard InChI is InChI=1S/C18H19N3O4S/c1-11-3-4-14-13(7-11)15(8-12(2)20-14)25-9-16(22)19-5-6-21-17(23)10-26-18(21)24/h3-4,7-8H,5-6,9-10H2,1-2H3,(H,19,22). The Balaban J connectivity index is 1.56. The summed E-state index contributed by atoms with van der Waals surface area (Å²) in [5.74, 6) is 0.239. The van der Waals surface area contributed by atoms with Crippen molar-refractivity contribution in [3.8, 4) is 5.75 Å². The lowest BCUT2D eigenvalue weighted by Crippen LogP contribution is -2.39. The number of thioether (sulfide) groups is 1. The third-order valence-electron chi connectivity index (χ3n) is 3.91. The average Bonchev–Trinajstić information content (AvgIpc) is 2.92. The van der Waals surface area contributed by atoms with E-state index in [-0.39, 0.29) is 42.5 Å². The second kappa shape index (κ2) is 7.74. The molecule has 136 valence electrons. The average molecular weight is 373 g/mol. The smallest absolute Gasteiger partial charge is 0.288 e. The number of pyridine rings is 1. The van der Waals surface area contributed by atoms with Gasteiger partial charge in [-0.15, -0.1) is 0 Å². The van der Waals surface area contributed by atoms with Crippen molar-refractivity contribution in [3.05, 3.63) is 35.5 Å². The van der Waals surface area contributed by atoms with Gasteiger partial charge in [-0.1, -0.05) is 23.4 Å². The number of rotatable bonds is 6. The van der Waals surface area contributed by atoms with Gasteiger partial charge in [-0.25, -0.2) is 0 Å². The molecule has 1 fully saturated rings. The first-order valence-corrected chi connectivity index (χ1v) is 9.17. The van der Waals surface area contributed by atoms with Crippen LogP contribution in [-0.4, -0.2) is 52.4 Å². The summed E-state index contributed by atoms with van der Waals surface area (Å²) in [6.45, 7) is 4.08. The summed E-state index contributed by atoms with van der Waals surface area (Å²) in [5, 5.41) is 3.25. The van der Waals surface area contributed by atoms with Crippen molar-refractivity contribution in [1.82, 2.24) is 15.2 Å². The summed E-state index contributed by atoms with van der Waals surface area (Å²) in [6, 6.07) is 7.67. The molecule has 26 heavy (non-hydrogen) atoms. The van der Waals surface area contributed by atoms with E-state index < -0.39 is 0 Å². The van der Waals surface area contributed by atoms with Crippen molar-refractivity contribution >= 4 is 39.7 Å². The van der Waals surface area contributed by atoms with Gasteiger partial charge in [0.2, 0.25) is 5.91 Å². The fourth-order valence-corrected chi connectivity index (χ4v) is 3.40. The zero-order chi connectivity index (χ0) is 18.7. The van der Waals surface area contributed by atoms with E-state index in [0.29, 0.717) is 5.75 Å². The van der Waals surface area contributed by atoms with E-state index in [9.17, 15) is 14.4 Å². The van der Waals surface area contributed by atoms with Gasteiger partial charge in [-0.2, -0.15) is 0 Å². The minimum Gasteiger partial charge on any atom is -0.483 e. The molecule has 3 rings (SSSR count). The van der Waals surface area contributed by atoms with Gasteiger partial charge in [0.1, 0.15) is 5.75 Å². The molecule has 0 unspecified atom stereocenters. The van der Waals surface area contributed by atoms with Gasteiger partial charge in [0.15, 0.2) is 6.61 Å². The fourth-order valence-electron chi connectivity index (χ4n) is 2.65. The number of carbonyl (C=O) groups is 3. The third kappa shape index (κ3) is 4.13. The largest absolute Gasteiger partial charge is 0.483 e. The van der Waals surface area contributed by atoms with Gasteiger partial charge < -0.3 is 10.1 Å². The number of hydrogen-bond donors (Lipinski definition) is 1. The van der Waals surface area contributed by atoms with Crippen LogP contribution >= 0.6 is 11.8 Å². The van der Waals surface area contributed by atoms with E-state index >= 15 is 0 Å². The molecule has 1 N–H and O–H groups in total. The molecule has 3 amide bonds. The summed E-state index contributed by atoms with van der Waals surface area (Å²) in [7, 11) is 0. The fraction of sp³-hybridized carbons (Fsp3) is 0.333. The third-order valence-corrected chi connectivity index (χ3v) is 4.77. The molecule has 0 saturated carbocycles. The maximum absolute atomic E-state index is 12.0. The number of amides is 3. The normalized spacial score (nSPS) is 14.2. The van der Waals surface area contributed by atoms with E-state index in [1.807, 2.05) is 32.0 Å². The van der Waals surface area contributed by atoms with Crippen LogP contribution in [0.2, 0.25) is 0 Å². The topological polar surface area (TPSA) is 88.6 Å². The Morgan fingerprint density at radius 2 is 2.12 bits per heavy atom. The number of nitrogens with one attached hydrogen (secondary N) is 1. The highest BCUT2D eigenvalue weighted by molar-refractivity contribution is 8.14. The van der Waals surface area contributed by atoms with E-state index in [1.165, 1.54) is 0 Å². The van der Waals surface area contributed by atoms with Gasteiger partial charge >= 0.3 is 0 Å². The quantitative estimate of drug-likeness (QED) is 0.834. The summed E-state index contributed by atoms with van der Waals surface area (Å²) in [4.78, 5) is 40.6. The van der Waals surface area contributed by atoms with E-state index in [0.717, 1.165) is 38.8 Å². The molecule has 1 aliphatic rings. The minimum absolute atomic E-state index is 0.150. The predicted octanol–water partition coefficient (Wildman–Crippen LogP) is 2.04. The molecule has 7 nitrogen and oxygen atoms in total. The van der Waals surface area contributed by atoms with Crippen LogP contribution in [0, 0.1) is 13.8 Å². The molecule has 1 aromatic carbocycles. The number of nitrogens with zero attached hydrogens (tertiary/aromatic N) is 2. The van der Waals surface area contributed by atoms with Gasteiger partial charge in [-0.3, -0.25) is 24.3 Å². The van der Waals surface area contributed by atoms with Crippen LogP contribution in [0.4, 0.5) is 4.79 Å². The van der Waals surface area contributed by atoms with Crippen LogP contribution in [0.25, 0.3) is 10.9 Å². The van der Waals surface area contributed by atoms with Gasteiger partial charge in [-0.05, 0) is 26.0 Å². The number of aryl methyl sites for hydroxylation is 2. The van der Waals surface area contributed by atoms with Crippen LogP contribution in [0.5, 0.6) is 5.75 Å². The summed E-state index contributed by atoms with van der Waals surface area (Å²) < 4.78 is 5.68. The van der Waals surface area contributed by atoms with Gasteiger partial charge in [0.05, 0.1) is 11.3 Å². The van der Waals surface area contributed by atoms with Crippen LogP contribution in [0.3, 0.4) is 0 Å². The van der Waals surface area contributed by atoms with Crippen LogP contribution < -0.4 is 10.1 Å². The van der Waals surface area contributed by atoms with E-state index in [1.54, 1.807) is 6.07 Å². The number of imide groups is 1. The van der Waals surface area contributed by atoms with Crippen molar-refractivity contribution in [2.45, 2.75) is 13.8 Å². The maximum Gasteiger partial charge on any atom is 0.288 e. The first-order valence-electron chi connectivity index (χ1n) is 8.18. The lowest BCUT2D eigenvalue weighted by atomic mass is 10.1. The zero-order valence-electron chi connectivity index (χ0n) is 14.6. The van der Waals surface area contributed by atoms with Crippen LogP contribution in [0.15, 0.2) is 24.3 Å². The number of aromatic nitrogens is 1. The van der Waals surface area contributed by atoms with Crippen molar-refractivity contribution < 1.29 is 19.1 Å². The molecule has 0 aliphatic carbocycles. The number of hydrogen-bond acceptors (Lipinski definition) is 6. The highest BCUT2D eigenvalue weighted by Gasteiger charge is 2.29. The highest BCUT2D eigenvalue weighted by Crippen LogP contribution is 2.26. The number of fused-ring (bicyclic) bond motifs is 1. The minimum atomic E-state index is -0.313. The molecular formula is C18H19N3O4S. The van der Waals surface area contributed by atoms with Gasteiger partial charge in [0.25, 0.3) is 11.1 Å². The first kappa shape index (κ1) is 18.2. The summed E-state index contributed by atoms with van der Waals surface area (Å²) in [5.41, 5.74) is 2.70. The summed E-state index contributed by atoms with van der Waals surface area (Å²) >= 11 is 0.978. The molecule has 0 bridgehead atoms. The Bertz CT molecular complexity index is 868. The van der Waals surface area contributed by atoms with Gasteiger partial charge in [0, 0.05) is 30.2 Å². The number of benzene rings is 1.